The average Bonchev–Trinajstić information content (AvgIpc) is 3.47. The summed E-state index contributed by atoms with van der Waals surface area (Å²) in [5, 5.41) is 8.23. The number of ether oxygens (including phenoxy) is 3. The second-order valence-electron chi connectivity index (χ2n) is 11.7. The van der Waals surface area contributed by atoms with Gasteiger partial charge in [-0.3, -0.25) is 9.78 Å². The smallest absolute Gasteiger partial charge is 0.407 e. The molecule has 0 unspecified atom stereocenters. The van der Waals surface area contributed by atoms with E-state index in [2.05, 4.69) is 20.9 Å². The molecule has 9 nitrogen and oxygen atoms in total. The molecule has 0 saturated carbocycles. The zero-order valence-electron chi connectivity index (χ0n) is 26.7. The lowest BCUT2D eigenvalue weighted by molar-refractivity contribution is -0.119. The zero-order valence-corrected chi connectivity index (χ0v) is 28.3. The summed E-state index contributed by atoms with van der Waals surface area (Å²) in [6, 6.07) is 25.0. The van der Waals surface area contributed by atoms with Gasteiger partial charge in [-0.15, -0.1) is 11.3 Å². The summed E-state index contributed by atoms with van der Waals surface area (Å²) in [7, 11) is 0. The quantitative estimate of drug-likeness (QED) is 0.0942. The molecule has 3 N–H and O–H groups in total. The molecular weight excluding hydrogens is 652 g/mol. The fourth-order valence-corrected chi connectivity index (χ4v) is 5.82. The monoisotopic (exact) mass is 686 g/mol. The summed E-state index contributed by atoms with van der Waals surface area (Å²) >= 11 is 6.72. The van der Waals surface area contributed by atoms with E-state index < -0.39 is 17.5 Å². The predicted molar refractivity (Wildman–Crippen MR) is 190 cm³/mol. The number of hydrogen-bond acceptors (Lipinski definition) is 8. The Labute approximate surface area is 287 Å². The van der Waals surface area contributed by atoms with Crippen molar-refractivity contribution in [3.63, 3.8) is 0 Å². The number of fused-ring (bicyclic) bond motifs is 1. The number of rotatable bonds is 11. The third-order valence-electron chi connectivity index (χ3n) is 6.64. The Kier molecular flexibility index (Phi) is 11.2. The van der Waals surface area contributed by atoms with Crippen LogP contribution in [0.1, 0.15) is 32.8 Å². The number of pyridine rings is 1. The molecule has 2 amide bonds. The van der Waals surface area contributed by atoms with Crippen LogP contribution in [0.25, 0.3) is 20.7 Å². The van der Waals surface area contributed by atoms with Gasteiger partial charge in [0.2, 0.25) is 5.91 Å². The molecule has 0 fully saturated rings. The first-order valence-electron chi connectivity index (χ1n) is 15.2. The number of alkyl carbamates (subject to hydrolysis) is 1. The van der Waals surface area contributed by atoms with E-state index >= 15 is 4.39 Å². The lowest BCUT2D eigenvalue weighted by Gasteiger charge is -2.19. The van der Waals surface area contributed by atoms with Gasteiger partial charge < -0.3 is 30.2 Å². The van der Waals surface area contributed by atoms with Crippen molar-refractivity contribution in [3.8, 4) is 27.7 Å². The van der Waals surface area contributed by atoms with Gasteiger partial charge in [0, 0.05) is 35.4 Å². The van der Waals surface area contributed by atoms with Crippen LogP contribution < -0.4 is 25.4 Å². The van der Waals surface area contributed by atoms with Crippen LogP contribution in [0.2, 0.25) is 0 Å². The van der Waals surface area contributed by atoms with Crippen molar-refractivity contribution in [1.29, 1.82) is 0 Å². The molecule has 5 aromatic rings. The summed E-state index contributed by atoms with van der Waals surface area (Å²) < 4.78 is 32.9. The van der Waals surface area contributed by atoms with Gasteiger partial charge in [-0.1, -0.05) is 30.3 Å². The number of benzene rings is 3. The number of halogens is 1. The predicted octanol–water partition coefficient (Wildman–Crippen LogP) is 8.24. The van der Waals surface area contributed by atoms with E-state index in [0.29, 0.717) is 36.8 Å². The number of carbonyl (C=O) groups is 2. The Balaban J connectivity index is 1.15. The molecule has 2 aromatic heterocycles. The van der Waals surface area contributed by atoms with Crippen molar-refractivity contribution in [1.82, 2.24) is 15.6 Å². The highest BCUT2D eigenvalue weighted by atomic mass is 32.1. The van der Waals surface area contributed by atoms with Crippen LogP contribution in [-0.2, 0) is 16.0 Å². The Morgan fingerprint density at radius 1 is 0.958 bits per heavy atom. The van der Waals surface area contributed by atoms with Gasteiger partial charge in [0.1, 0.15) is 17.1 Å². The molecule has 0 aliphatic carbocycles. The van der Waals surface area contributed by atoms with Gasteiger partial charge in [0.15, 0.2) is 16.7 Å². The second-order valence-corrected chi connectivity index (χ2v) is 13.2. The first kappa shape index (κ1) is 34.3. The highest BCUT2D eigenvalue weighted by Crippen LogP contribution is 2.40. The first-order chi connectivity index (χ1) is 23.0. The summed E-state index contributed by atoms with van der Waals surface area (Å²) in [4.78, 5) is 29.5. The van der Waals surface area contributed by atoms with E-state index in [9.17, 15) is 9.59 Å². The summed E-state index contributed by atoms with van der Waals surface area (Å²) in [5.74, 6) is 0.339. The highest BCUT2D eigenvalue weighted by Gasteiger charge is 2.16. The molecule has 5 rings (SSSR count). The molecule has 0 atom stereocenters. The van der Waals surface area contributed by atoms with Gasteiger partial charge in [0.05, 0.1) is 23.2 Å². The van der Waals surface area contributed by atoms with E-state index in [1.807, 2.05) is 81.4 Å². The van der Waals surface area contributed by atoms with Crippen LogP contribution in [0.4, 0.5) is 14.9 Å². The molecule has 0 bridgehead atoms. The van der Waals surface area contributed by atoms with Crippen molar-refractivity contribution in [2.75, 3.05) is 18.5 Å². The Morgan fingerprint density at radius 3 is 2.46 bits per heavy atom. The summed E-state index contributed by atoms with van der Waals surface area (Å²) in [6.45, 7) is 6.34. The minimum Gasteiger partial charge on any atom is -0.494 e. The molecule has 0 aliphatic heterocycles. The summed E-state index contributed by atoms with van der Waals surface area (Å²) in [5.41, 5.74) is 2.38. The van der Waals surface area contributed by atoms with Gasteiger partial charge in [-0.25, -0.2) is 9.18 Å². The van der Waals surface area contributed by atoms with Crippen LogP contribution in [-0.4, -0.2) is 40.8 Å². The molecule has 0 spiro atoms. The minimum absolute atomic E-state index is 0.0322. The van der Waals surface area contributed by atoms with E-state index in [0.717, 1.165) is 26.2 Å². The van der Waals surface area contributed by atoms with Crippen LogP contribution in [0, 0.1) is 5.82 Å². The maximum absolute atomic E-state index is 15.1. The lowest BCUT2D eigenvalue weighted by atomic mass is 10.1. The largest absolute Gasteiger partial charge is 0.494 e. The van der Waals surface area contributed by atoms with Crippen molar-refractivity contribution in [3.05, 3.63) is 103 Å². The van der Waals surface area contributed by atoms with E-state index in [4.69, 9.17) is 26.4 Å². The SMILES string of the molecule is CC(C)(C)OC(=O)NCCCOc1ccc(-c2cc3nccc(Oc4ccc(NC(=S)NC(=O)Cc5ccccc5)cc4F)c3s2)cc1. The molecular formula is C36H35FN4O5S2. The third kappa shape index (κ3) is 9.96. The fourth-order valence-electron chi connectivity index (χ4n) is 4.51. The fraction of sp³-hybridized carbons (Fsp3) is 0.222. The van der Waals surface area contributed by atoms with Crippen molar-refractivity contribution in [2.45, 2.75) is 39.2 Å². The van der Waals surface area contributed by atoms with Crippen LogP contribution in [0.3, 0.4) is 0 Å². The molecule has 12 heteroatoms. The van der Waals surface area contributed by atoms with E-state index in [-0.39, 0.29) is 23.2 Å². The number of thiocarbonyl (C=S) groups is 1. The normalized spacial score (nSPS) is 11.1. The van der Waals surface area contributed by atoms with Crippen LogP contribution >= 0.6 is 23.6 Å². The van der Waals surface area contributed by atoms with Gasteiger partial charge in [-0.05, 0) is 93.0 Å². The number of hydrogen-bond donors (Lipinski definition) is 3. The molecule has 3 aromatic carbocycles. The number of thiophene rings is 1. The lowest BCUT2D eigenvalue weighted by Crippen LogP contribution is -2.35. The van der Waals surface area contributed by atoms with Gasteiger partial charge in [0.25, 0.3) is 0 Å². The van der Waals surface area contributed by atoms with Crippen molar-refractivity contribution in [2.24, 2.45) is 0 Å². The second kappa shape index (κ2) is 15.7. The highest BCUT2D eigenvalue weighted by molar-refractivity contribution is 7.80. The number of aromatic nitrogens is 1. The maximum atomic E-state index is 15.1. The molecule has 48 heavy (non-hydrogen) atoms. The zero-order chi connectivity index (χ0) is 34.1. The topological polar surface area (TPSA) is 111 Å². The van der Waals surface area contributed by atoms with Crippen molar-refractivity contribution < 1.29 is 28.2 Å². The first-order valence-corrected chi connectivity index (χ1v) is 16.5. The van der Waals surface area contributed by atoms with Gasteiger partial charge in [-0.2, -0.15) is 0 Å². The summed E-state index contributed by atoms with van der Waals surface area (Å²) in [6.07, 6.45) is 1.98. The standard InChI is InChI=1S/C36H35FN4O5S2/c1-36(2,3)46-35(43)39-17-7-19-44-26-13-10-24(11-14-26)31-22-28-33(48-31)30(16-18-38-28)45-29-15-12-25(21-27(29)37)40-34(47)41-32(42)20-23-8-5-4-6-9-23/h4-6,8-16,18,21-22H,7,17,19-20H2,1-3H3,(H,39,43)(H2,40,41,42,47). The molecule has 0 aliphatic rings. The Hall–Kier alpha value is -5.07. The van der Waals surface area contributed by atoms with Crippen LogP contribution in [0.5, 0.6) is 17.2 Å². The number of carbonyl (C=O) groups excluding carboxylic acids is 2. The Morgan fingerprint density at radius 2 is 1.73 bits per heavy atom. The van der Waals surface area contributed by atoms with Crippen LogP contribution in [0.15, 0.2) is 91.1 Å². The molecule has 0 saturated heterocycles. The number of anilines is 1. The van der Waals surface area contributed by atoms with E-state index in [1.54, 1.807) is 18.3 Å². The molecule has 2 heterocycles. The molecule has 0 radical (unpaired) electrons. The van der Waals surface area contributed by atoms with Crippen molar-refractivity contribution >= 4 is 56.6 Å². The number of nitrogens with one attached hydrogen (secondary N) is 3. The number of amides is 2. The van der Waals surface area contributed by atoms with Gasteiger partial charge >= 0.3 is 6.09 Å². The minimum atomic E-state index is -0.601. The van der Waals surface area contributed by atoms with E-state index in [1.165, 1.54) is 23.5 Å². The average molecular weight is 687 g/mol. The number of nitrogens with zero attached hydrogens (tertiary/aromatic N) is 1. The maximum Gasteiger partial charge on any atom is 0.407 e. The Bertz CT molecular complexity index is 1890. The third-order valence-corrected chi connectivity index (χ3v) is 8.03. The molecule has 248 valence electrons.